The van der Waals surface area contributed by atoms with Crippen LogP contribution < -0.4 is 5.32 Å². The van der Waals surface area contributed by atoms with E-state index < -0.39 is 0 Å². The van der Waals surface area contributed by atoms with Gasteiger partial charge in [0.25, 0.3) is 12.4 Å². The molecule has 0 fully saturated rings. The Morgan fingerprint density at radius 3 is 2.58 bits per heavy atom. The Labute approximate surface area is 217 Å². The zero-order chi connectivity index (χ0) is 26.7. The molecule has 0 aliphatic heterocycles. The summed E-state index contributed by atoms with van der Waals surface area (Å²) >= 11 is 1.70. The van der Waals surface area contributed by atoms with Crippen LogP contribution in [0, 0.1) is 19.8 Å². The maximum Gasteiger partial charge on any atom is 0.306 e. The molecule has 1 aromatic carbocycles. The summed E-state index contributed by atoms with van der Waals surface area (Å²) in [5, 5.41) is 14.7. The van der Waals surface area contributed by atoms with Gasteiger partial charge in [-0.3, -0.25) is 9.59 Å². The molecule has 196 valence electrons. The maximum atomic E-state index is 11.8. The van der Waals surface area contributed by atoms with Crippen LogP contribution in [0.4, 0.5) is 0 Å². The lowest BCUT2D eigenvalue weighted by Gasteiger charge is -2.13. The van der Waals surface area contributed by atoms with Crippen molar-refractivity contribution in [1.82, 2.24) is 15.5 Å². The molecule has 0 spiro atoms. The summed E-state index contributed by atoms with van der Waals surface area (Å²) in [6.45, 7) is 14.6. The summed E-state index contributed by atoms with van der Waals surface area (Å²) in [6, 6.07) is 6.31. The number of nitrogens with zero attached hydrogens (tertiary/aromatic N) is 2. The molecule has 8 nitrogen and oxygen atoms in total. The summed E-state index contributed by atoms with van der Waals surface area (Å²) in [7, 11) is 0. The molecule has 0 radical (unpaired) electrons. The number of carbonyl (C=O) groups excluding carboxylic acids is 1. The molecule has 0 amide bonds. The van der Waals surface area contributed by atoms with Crippen molar-refractivity contribution in [3.63, 3.8) is 0 Å². The van der Waals surface area contributed by atoms with Crippen molar-refractivity contribution in [2.24, 2.45) is 5.92 Å². The van der Waals surface area contributed by atoms with Crippen LogP contribution in [0.3, 0.4) is 0 Å². The predicted molar refractivity (Wildman–Crippen MR) is 142 cm³/mol. The fourth-order valence-electron chi connectivity index (χ4n) is 3.87. The van der Waals surface area contributed by atoms with Gasteiger partial charge in [0.2, 0.25) is 5.82 Å². The number of nitrogens with one attached hydrogen (secondary N) is 1. The number of hydrogen-bond acceptors (Lipinski definition) is 8. The van der Waals surface area contributed by atoms with E-state index in [4.69, 9.17) is 24.1 Å². The average molecular weight is 516 g/mol. The minimum Gasteiger partial charge on any atom is -0.483 e. The second-order valence-corrected chi connectivity index (χ2v) is 10.00. The minimum absolute atomic E-state index is 0.157. The number of rotatable bonds is 11. The van der Waals surface area contributed by atoms with Crippen molar-refractivity contribution in [2.75, 3.05) is 13.2 Å². The second kappa shape index (κ2) is 14.5. The number of esters is 1. The SMILES string of the molecule is CCOC(=O)CCc1c(C)cc(-c2noc(-c3cc(C)c(CNCC(C)C)s3)n2)cc1CC.O=CO. The first-order valence-corrected chi connectivity index (χ1v) is 13.1. The number of ether oxygens (including phenoxy) is 1. The highest BCUT2D eigenvalue weighted by Gasteiger charge is 2.17. The van der Waals surface area contributed by atoms with Gasteiger partial charge >= 0.3 is 5.97 Å². The van der Waals surface area contributed by atoms with Crippen LogP contribution in [-0.4, -0.2) is 40.8 Å². The third-order valence-corrected chi connectivity index (χ3v) is 6.81. The number of thiophene rings is 1. The van der Waals surface area contributed by atoms with Gasteiger partial charge in [-0.2, -0.15) is 4.98 Å². The Kier molecular flexibility index (Phi) is 11.8. The molecular weight excluding hydrogens is 478 g/mol. The largest absolute Gasteiger partial charge is 0.483 e. The first-order valence-electron chi connectivity index (χ1n) is 12.2. The Morgan fingerprint density at radius 1 is 1.22 bits per heavy atom. The molecule has 36 heavy (non-hydrogen) atoms. The highest BCUT2D eigenvalue weighted by molar-refractivity contribution is 7.15. The van der Waals surface area contributed by atoms with Crippen molar-refractivity contribution in [3.05, 3.63) is 45.3 Å². The number of benzene rings is 1. The van der Waals surface area contributed by atoms with Crippen LogP contribution in [0.5, 0.6) is 0 Å². The van der Waals surface area contributed by atoms with Gasteiger partial charge < -0.3 is 19.7 Å². The monoisotopic (exact) mass is 515 g/mol. The smallest absolute Gasteiger partial charge is 0.306 e. The van der Waals surface area contributed by atoms with E-state index in [-0.39, 0.29) is 12.4 Å². The predicted octanol–water partition coefficient (Wildman–Crippen LogP) is 5.59. The van der Waals surface area contributed by atoms with E-state index in [1.807, 2.05) is 6.92 Å². The van der Waals surface area contributed by atoms with Crippen LogP contribution >= 0.6 is 11.3 Å². The lowest BCUT2D eigenvalue weighted by molar-refractivity contribution is -0.143. The van der Waals surface area contributed by atoms with E-state index in [0.717, 1.165) is 35.5 Å². The molecule has 3 rings (SSSR count). The van der Waals surface area contributed by atoms with Crippen molar-refractivity contribution < 1.29 is 24.0 Å². The standard InChI is InChI=1S/C26H35N3O3S.CH2O2/c1-7-19-13-20(11-17(5)21(19)9-10-24(30)31-8-2)25-28-26(32-29-25)22-12-18(6)23(33-22)15-27-14-16(3)4;2-1-3/h11-13,16,27H,7-10,14-15H2,1-6H3;1H,(H,2,3). The summed E-state index contributed by atoms with van der Waals surface area (Å²) in [4.78, 5) is 27.2. The van der Waals surface area contributed by atoms with E-state index in [1.54, 1.807) is 11.3 Å². The minimum atomic E-state index is -0.250. The zero-order valence-electron chi connectivity index (χ0n) is 22.0. The van der Waals surface area contributed by atoms with Crippen LogP contribution in [-0.2, 0) is 33.7 Å². The first kappa shape index (κ1) is 29.2. The Bertz CT molecular complexity index is 1140. The van der Waals surface area contributed by atoms with Gasteiger partial charge in [-0.25, -0.2) is 0 Å². The average Bonchev–Trinajstić information content (AvgIpc) is 3.45. The molecule has 2 aromatic heterocycles. The van der Waals surface area contributed by atoms with Crippen molar-refractivity contribution in [1.29, 1.82) is 0 Å². The summed E-state index contributed by atoms with van der Waals surface area (Å²) < 4.78 is 10.7. The van der Waals surface area contributed by atoms with E-state index in [1.165, 1.54) is 21.6 Å². The van der Waals surface area contributed by atoms with Gasteiger partial charge in [-0.05, 0) is 86.5 Å². The zero-order valence-corrected chi connectivity index (χ0v) is 22.8. The number of aryl methyl sites for hydroxylation is 3. The van der Waals surface area contributed by atoms with Crippen molar-refractivity contribution in [2.45, 2.75) is 67.3 Å². The molecule has 0 unspecified atom stereocenters. The molecule has 0 saturated heterocycles. The number of hydrogen-bond donors (Lipinski definition) is 2. The molecule has 0 saturated carbocycles. The molecule has 0 aliphatic carbocycles. The topological polar surface area (TPSA) is 115 Å². The van der Waals surface area contributed by atoms with E-state index in [9.17, 15) is 4.79 Å². The highest BCUT2D eigenvalue weighted by Crippen LogP contribution is 2.32. The normalized spacial score (nSPS) is 10.8. The van der Waals surface area contributed by atoms with Gasteiger partial charge in [0.1, 0.15) is 0 Å². The maximum absolute atomic E-state index is 11.8. The molecule has 0 bridgehead atoms. The molecule has 9 heteroatoms. The van der Waals surface area contributed by atoms with E-state index >= 15 is 0 Å². The quantitative estimate of drug-likeness (QED) is 0.251. The van der Waals surface area contributed by atoms with Crippen molar-refractivity contribution in [3.8, 4) is 22.2 Å². The van der Waals surface area contributed by atoms with Gasteiger partial charge in [-0.15, -0.1) is 11.3 Å². The highest BCUT2D eigenvalue weighted by atomic mass is 32.1. The third-order valence-electron chi connectivity index (χ3n) is 5.58. The number of carbonyl (C=O) groups is 2. The molecular formula is C27H37N3O5S. The molecule has 0 aliphatic rings. The Balaban J connectivity index is 0.00000145. The summed E-state index contributed by atoms with van der Waals surface area (Å²) in [5.41, 5.74) is 5.70. The third kappa shape index (κ3) is 8.27. The number of aromatic nitrogens is 2. The van der Waals surface area contributed by atoms with Crippen molar-refractivity contribution >= 4 is 23.8 Å². The van der Waals surface area contributed by atoms with Gasteiger partial charge in [0.15, 0.2) is 0 Å². The summed E-state index contributed by atoms with van der Waals surface area (Å²) in [6.07, 6.45) is 1.93. The lowest BCUT2D eigenvalue weighted by Crippen LogP contribution is -2.18. The van der Waals surface area contributed by atoms with Gasteiger partial charge in [0.05, 0.1) is 11.5 Å². The van der Waals surface area contributed by atoms with Crippen LogP contribution in [0.1, 0.15) is 61.2 Å². The Morgan fingerprint density at radius 2 is 1.94 bits per heavy atom. The van der Waals surface area contributed by atoms with Crippen LogP contribution in [0.15, 0.2) is 22.7 Å². The molecule has 0 atom stereocenters. The fourth-order valence-corrected chi connectivity index (χ4v) is 4.93. The van der Waals surface area contributed by atoms with E-state index in [2.05, 4.69) is 63.3 Å². The summed E-state index contributed by atoms with van der Waals surface area (Å²) in [5.74, 6) is 1.60. The Hall–Kier alpha value is -3.04. The van der Waals surface area contributed by atoms with Crippen LogP contribution in [0.2, 0.25) is 0 Å². The van der Waals surface area contributed by atoms with E-state index in [0.29, 0.717) is 37.1 Å². The molecule has 2 heterocycles. The fraction of sp³-hybridized carbons (Fsp3) is 0.481. The number of carboxylic acid groups (broad SMARTS) is 1. The molecule has 3 aromatic rings. The first-order chi connectivity index (χ1) is 17.2. The molecule has 2 N–H and O–H groups in total. The second-order valence-electron chi connectivity index (χ2n) is 8.86. The van der Waals surface area contributed by atoms with Gasteiger partial charge in [-0.1, -0.05) is 25.9 Å². The lowest BCUT2D eigenvalue weighted by atomic mass is 9.93. The van der Waals surface area contributed by atoms with Gasteiger partial charge in [0, 0.05) is 23.4 Å². The van der Waals surface area contributed by atoms with Crippen LogP contribution in [0.25, 0.3) is 22.2 Å².